The molecule has 0 aliphatic heterocycles. The number of nitrogens with one attached hydrogen (secondary N) is 1. The molecule has 0 atom stereocenters. The highest BCUT2D eigenvalue weighted by atomic mass is 16.5. The lowest BCUT2D eigenvalue weighted by Gasteiger charge is -2.09. The van der Waals surface area contributed by atoms with Gasteiger partial charge in [0.2, 0.25) is 5.91 Å². The van der Waals surface area contributed by atoms with E-state index in [-0.39, 0.29) is 18.6 Å². The van der Waals surface area contributed by atoms with E-state index in [0.717, 1.165) is 19.4 Å². The van der Waals surface area contributed by atoms with Gasteiger partial charge in [-0.05, 0) is 20.3 Å². The topological polar surface area (TPSA) is 66.0 Å². The molecule has 6 heteroatoms. The Morgan fingerprint density at radius 2 is 1.62 bits per heavy atom. The minimum Gasteiger partial charge on any atom is -0.380 e. The van der Waals surface area contributed by atoms with Gasteiger partial charge < -0.3 is 24.3 Å². The Hall–Kier alpha value is -0.690. The number of hydrogen-bond acceptors (Lipinski definition) is 5. The quantitative estimate of drug-likeness (QED) is 0.463. The Labute approximate surface area is 128 Å². The van der Waals surface area contributed by atoms with Gasteiger partial charge in [-0.3, -0.25) is 4.79 Å². The lowest BCUT2D eigenvalue weighted by molar-refractivity contribution is -0.126. The first-order valence-corrected chi connectivity index (χ1v) is 7.78. The molecule has 0 spiro atoms. The summed E-state index contributed by atoms with van der Waals surface area (Å²) in [6, 6.07) is 0. The number of ether oxygens (including phenoxy) is 4. The average molecular weight is 305 g/mol. The lowest BCUT2D eigenvalue weighted by Crippen LogP contribution is -2.31. The van der Waals surface area contributed by atoms with Gasteiger partial charge in [-0.15, -0.1) is 0 Å². The van der Waals surface area contributed by atoms with Crippen LogP contribution in [0.3, 0.4) is 0 Å². The molecule has 1 N–H and O–H groups in total. The maximum absolute atomic E-state index is 11.4. The minimum atomic E-state index is -0.128. The van der Waals surface area contributed by atoms with E-state index < -0.39 is 0 Å². The van der Waals surface area contributed by atoms with Crippen molar-refractivity contribution in [2.45, 2.75) is 39.7 Å². The van der Waals surface area contributed by atoms with Crippen LogP contribution in [0.5, 0.6) is 0 Å². The van der Waals surface area contributed by atoms with Crippen LogP contribution in [0, 0.1) is 0 Å². The van der Waals surface area contributed by atoms with E-state index in [0.29, 0.717) is 39.6 Å². The summed E-state index contributed by atoms with van der Waals surface area (Å²) in [6.07, 6.45) is 2.39. The van der Waals surface area contributed by atoms with Crippen LogP contribution < -0.4 is 5.32 Å². The number of carbonyl (C=O) groups excluding carboxylic acids is 1. The Bertz CT molecular complexity index is 236. The molecule has 0 saturated carbocycles. The van der Waals surface area contributed by atoms with E-state index in [4.69, 9.17) is 18.9 Å². The van der Waals surface area contributed by atoms with Crippen molar-refractivity contribution >= 4 is 5.91 Å². The maximum atomic E-state index is 11.4. The van der Waals surface area contributed by atoms with Crippen LogP contribution in [0.1, 0.15) is 33.6 Å². The normalized spacial score (nSPS) is 11.0. The number of hydrogen-bond donors (Lipinski definition) is 1. The third-order valence-corrected chi connectivity index (χ3v) is 2.49. The van der Waals surface area contributed by atoms with Gasteiger partial charge in [0.25, 0.3) is 0 Å². The van der Waals surface area contributed by atoms with Crippen molar-refractivity contribution in [2.24, 2.45) is 0 Å². The lowest BCUT2D eigenvalue weighted by atomic mass is 10.4. The smallest absolute Gasteiger partial charge is 0.246 e. The second kappa shape index (κ2) is 15.7. The molecular formula is C15H31NO5. The van der Waals surface area contributed by atoms with Crippen LogP contribution >= 0.6 is 0 Å². The van der Waals surface area contributed by atoms with Gasteiger partial charge in [0.15, 0.2) is 0 Å². The van der Waals surface area contributed by atoms with Gasteiger partial charge >= 0.3 is 0 Å². The molecule has 0 fully saturated rings. The Balaban J connectivity index is 3.16. The largest absolute Gasteiger partial charge is 0.380 e. The van der Waals surface area contributed by atoms with E-state index in [1.807, 2.05) is 13.8 Å². The standard InChI is InChI=1S/C15H31NO5/c1-4-5-7-18-8-6-16-15(17)13-20-10-9-19-11-12-21-14(2)3/h14H,4-13H2,1-3H3,(H,16,17). The number of rotatable bonds is 15. The summed E-state index contributed by atoms with van der Waals surface area (Å²) in [7, 11) is 0. The first-order valence-electron chi connectivity index (χ1n) is 7.78. The number of carbonyl (C=O) groups is 1. The predicted octanol–water partition coefficient (Wildman–Crippen LogP) is 1.38. The Morgan fingerprint density at radius 3 is 2.33 bits per heavy atom. The van der Waals surface area contributed by atoms with Crippen molar-refractivity contribution in [1.82, 2.24) is 5.32 Å². The monoisotopic (exact) mass is 305 g/mol. The van der Waals surface area contributed by atoms with E-state index in [1.165, 1.54) is 0 Å². The molecule has 6 nitrogen and oxygen atoms in total. The second-order valence-corrected chi connectivity index (χ2v) is 4.90. The van der Waals surface area contributed by atoms with E-state index in [9.17, 15) is 4.79 Å². The van der Waals surface area contributed by atoms with Crippen LogP contribution in [0.25, 0.3) is 0 Å². The third kappa shape index (κ3) is 17.3. The maximum Gasteiger partial charge on any atom is 0.246 e. The molecule has 0 aromatic rings. The van der Waals surface area contributed by atoms with E-state index >= 15 is 0 Å². The summed E-state index contributed by atoms with van der Waals surface area (Å²) in [6.45, 7) is 9.95. The second-order valence-electron chi connectivity index (χ2n) is 4.90. The Morgan fingerprint density at radius 1 is 0.952 bits per heavy atom. The molecule has 0 aromatic carbocycles. The van der Waals surface area contributed by atoms with Crippen molar-refractivity contribution < 1.29 is 23.7 Å². The molecule has 0 unspecified atom stereocenters. The van der Waals surface area contributed by atoms with Gasteiger partial charge in [0, 0.05) is 13.2 Å². The fraction of sp³-hybridized carbons (Fsp3) is 0.933. The highest BCUT2D eigenvalue weighted by Crippen LogP contribution is 1.88. The zero-order chi connectivity index (χ0) is 15.8. The predicted molar refractivity (Wildman–Crippen MR) is 81.5 cm³/mol. The van der Waals surface area contributed by atoms with Crippen molar-refractivity contribution in [1.29, 1.82) is 0 Å². The van der Waals surface area contributed by atoms with Crippen molar-refractivity contribution in [2.75, 3.05) is 52.8 Å². The molecule has 0 heterocycles. The summed E-state index contributed by atoms with van der Waals surface area (Å²) in [4.78, 5) is 11.4. The van der Waals surface area contributed by atoms with Crippen LogP contribution in [0.4, 0.5) is 0 Å². The summed E-state index contributed by atoms with van der Waals surface area (Å²) in [5, 5.41) is 2.73. The fourth-order valence-electron chi connectivity index (χ4n) is 1.39. The first kappa shape index (κ1) is 20.3. The summed E-state index contributed by atoms with van der Waals surface area (Å²) in [5.41, 5.74) is 0. The van der Waals surface area contributed by atoms with Crippen molar-refractivity contribution in [3.8, 4) is 0 Å². The highest BCUT2D eigenvalue weighted by molar-refractivity contribution is 5.77. The molecule has 1 amide bonds. The average Bonchev–Trinajstić information content (AvgIpc) is 2.45. The molecule has 126 valence electrons. The summed E-state index contributed by atoms with van der Waals surface area (Å²) in [5.74, 6) is -0.128. The number of amides is 1. The molecular weight excluding hydrogens is 274 g/mol. The zero-order valence-electron chi connectivity index (χ0n) is 13.7. The number of unbranched alkanes of at least 4 members (excludes halogenated alkanes) is 1. The Kier molecular flexibility index (Phi) is 15.2. The summed E-state index contributed by atoms with van der Waals surface area (Å²) < 4.78 is 21.2. The molecule has 0 aromatic heterocycles. The fourth-order valence-corrected chi connectivity index (χ4v) is 1.39. The third-order valence-electron chi connectivity index (χ3n) is 2.49. The SMILES string of the molecule is CCCCOCCNC(=O)COCCOCCOC(C)C. The molecule has 0 rings (SSSR count). The van der Waals surface area contributed by atoms with Crippen LogP contribution in [0.2, 0.25) is 0 Å². The van der Waals surface area contributed by atoms with Crippen molar-refractivity contribution in [3.63, 3.8) is 0 Å². The van der Waals surface area contributed by atoms with Gasteiger partial charge in [-0.1, -0.05) is 13.3 Å². The summed E-state index contributed by atoms with van der Waals surface area (Å²) >= 11 is 0. The molecule has 0 saturated heterocycles. The van der Waals surface area contributed by atoms with Gasteiger partial charge in [0.1, 0.15) is 6.61 Å². The molecule has 0 aliphatic carbocycles. The van der Waals surface area contributed by atoms with E-state index in [1.54, 1.807) is 0 Å². The van der Waals surface area contributed by atoms with Crippen molar-refractivity contribution in [3.05, 3.63) is 0 Å². The minimum absolute atomic E-state index is 0.0564. The molecule has 0 aliphatic rings. The first-order chi connectivity index (χ1) is 10.2. The van der Waals surface area contributed by atoms with Gasteiger partial charge in [0.05, 0.1) is 39.1 Å². The zero-order valence-corrected chi connectivity index (χ0v) is 13.7. The molecule has 21 heavy (non-hydrogen) atoms. The van der Waals surface area contributed by atoms with Gasteiger partial charge in [-0.25, -0.2) is 0 Å². The molecule has 0 radical (unpaired) electrons. The van der Waals surface area contributed by atoms with E-state index in [2.05, 4.69) is 12.2 Å². The van der Waals surface area contributed by atoms with Crippen LogP contribution in [0.15, 0.2) is 0 Å². The highest BCUT2D eigenvalue weighted by Gasteiger charge is 2.00. The molecule has 0 bridgehead atoms. The van der Waals surface area contributed by atoms with Crippen LogP contribution in [-0.4, -0.2) is 64.8 Å². The van der Waals surface area contributed by atoms with Crippen LogP contribution in [-0.2, 0) is 23.7 Å². The van der Waals surface area contributed by atoms with Gasteiger partial charge in [-0.2, -0.15) is 0 Å².